The van der Waals surface area contributed by atoms with Gasteiger partial charge in [-0.1, -0.05) is 12.1 Å². The lowest BCUT2D eigenvalue weighted by molar-refractivity contribution is 0.210. The van der Waals surface area contributed by atoms with E-state index in [4.69, 9.17) is 14.5 Å². The Labute approximate surface area is 141 Å². The van der Waals surface area contributed by atoms with Crippen molar-refractivity contribution in [2.24, 2.45) is 0 Å². The van der Waals surface area contributed by atoms with Crippen LogP contribution in [-0.2, 0) is 4.74 Å². The molecule has 0 radical (unpaired) electrons. The van der Waals surface area contributed by atoms with Crippen LogP contribution in [0.15, 0.2) is 30.3 Å². The first kappa shape index (κ1) is 16.3. The number of rotatable bonds is 6. The lowest BCUT2D eigenvalue weighted by atomic mass is 10.1. The molecule has 126 valence electrons. The molecule has 2 heterocycles. The fraction of sp³-hybridized carbons (Fsp3) is 0.333. The molecule has 0 unspecified atom stereocenters. The molecule has 3 aromatic rings. The zero-order valence-corrected chi connectivity index (χ0v) is 14.5. The van der Waals surface area contributed by atoms with Crippen LogP contribution in [0.1, 0.15) is 11.4 Å². The summed E-state index contributed by atoms with van der Waals surface area (Å²) in [5, 5.41) is 8.03. The molecule has 2 aromatic heterocycles. The number of fused-ring (bicyclic) bond motifs is 1. The number of nitrogens with zero attached hydrogens (tertiary/aromatic N) is 3. The Morgan fingerprint density at radius 1 is 1.12 bits per heavy atom. The second kappa shape index (κ2) is 6.88. The van der Waals surface area contributed by atoms with Crippen molar-refractivity contribution in [2.45, 2.75) is 13.8 Å². The summed E-state index contributed by atoms with van der Waals surface area (Å²) in [6, 6.07) is 9.96. The van der Waals surface area contributed by atoms with Gasteiger partial charge in [-0.25, -0.2) is 4.98 Å². The van der Waals surface area contributed by atoms with Crippen molar-refractivity contribution in [3.63, 3.8) is 0 Å². The Hall–Kier alpha value is -2.60. The van der Waals surface area contributed by atoms with Crippen molar-refractivity contribution in [1.82, 2.24) is 14.6 Å². The molecule has 0 bridgehead atoms. The van der Waals surface area contributed by atoms with Gasteiger partial charge in [0.05, 0.1) is 19.4 Å². The predicted octanol–water partition coefficient (Wildman–Crippen LogP) is 3.08. The quantitative estimate of drug-likeness (QED) is 0.705. The third kappa shape index (κ3) is 3.05. The highest BCUT2D eigenvalue weighted by molar-refractivity contribution is 5.81. The average Bonchev–Trinajstić information content (AvgIpc) is 2.91. The smallest absolute Gasteiger partial charge is 0.165 e. The van der Waals surface area contributed by atoms with Gasteiger partial charge in [-0.3, -0.25) is 0 Å². The third-order valence-electron chi connectivity index (χ3n) is 3.88. The highest BCUT2D eigenvalue weighted by Crippen LogP contribution is 2.30. The predicted molar refractivity (Wildman–Crippen MR) is 94.8 cm³/mol. The third-order valence-corrected chi connectivity index (χ3v) is 3.88. The Bertz CT molecular complexity index is 840. The number of aromatic nitrogens is 3. The van der Waals surface area contributed by atoms with Gasteiger partial charge in [0.25, 0.3) is 0 Å². The van der Waals surface area contributed by atoms with E-state index < -0.39 is 0 Å². The van der Waals surface area contributed by atoms with Crippen LogP contribution in [0.4, 0.5) is 5.82 Å². The van der Waals surface area contributed by atoms with Gasteiger partial charge in [0, 0.05) is 31.0 Å². The summed E-state index contributed by atoms with van der Waals surface area (Å²) < 4.78 is 12.2. The normalized spacial score (nSPS) is 11.0. The topological polar surface area (TPSA) is 60.7 Å². The summed E-state index contributed by atoms with van der Waals surface area (Å²) in [4.78, 5) is 4.70. The second-order valence-corrected chi connectivity index (χ2v) is 5.63. The molecule has 0 saturated heterocycles. The van der Waals surface area contributed by atoms with Crippen LogP contribution in [0, 0.1) is 13.8 Å². The Balaban J connectivity index is 2.09. The molecule has 0 saturated carbocycles. The number of anilines is 1. The molecule has 1 N–H and O–H groups in total. The van der Waals surface area contributed by atoms with Gasteiger partial charge >= 0.3 is 0 Å². The van der Waals surface area contributed by atoms with Crippen LogP contribution in [0.3, 0.4) is 0 Å². The molecule has 0 aliphatic heterocycles. The minimum absolute atomic E-state index is 0.633. The molecule has 0 aliphatic carbocycles. The number of hydrogen-bond acceptors (Lipinski definition) is 5. The first-order chi connectivity index (χ1) is 11.6. The van der Waals surface area contributed by atoms with E-state index in [1.807, 2.05) is 48.7 Å². The van der Waals surface area contributed by atoms with Crippen molar-refractivity contribution in [3.05, 3.63) is 41.7 Å². The van der Waals surface area contributed by atoms with Crippen LogP contribution >= 0.6 is 0 Å². The lowest BCUT2D eigenvalue weighted by Crippen LogP contribution is -2.12. The highest BCUT2D eigenvalue weighted by atomic mass is 16.5. The Kier molecular flexibility index (Phi) is 4.66. The number of methoxy groups -OCH3 is 2. The Morgan fingerprint density at radius 2 is 1.88 bits per heavy atom. The van der Waals surface area contributed by atoms with E-state index in [0.717, 1.165) is 39.7 Å². The first-order valence-electron chi connectivity index (χ1n) is 7.88. The van der Waals surface area contributed by atoms with E-state index in [1.54, 1.807) is 14.2 Å². The minimum Gasteiger partial charge on any atom is -0.497 e. The fourth-order valence-electron chi connectivity index (χ4n) is 2.75. The van der Waals surface area contributed by atoms with Crippen molar-refractivity contribution in [1.29, 1.82) is 0 Å². The maximum Gasteiger partial charge on any atom is 0.165 e. The van der Waals surface area contributed by atoms with E-state index in [-0.39, 0.29) is 0 Å². The average molecular weight is 326 g/mol. The lowest BCUT2D eigenvalue weighted by Gasteiger charge is -2.09. The SMILES string of the molecule is COCCNc1cc(C)nc2c(-c3ccc(OC)cc3)c(C)nn12. The zero-order chi connectivity index (χ0) is 17.1. The molecule has 0 amide bonds. The molecule has 0 aliphatic rings. The van der Waals surface area contributed by atoms with Crippen LogP contribution in [0.5, 0.6) is 5.75 Å². The van der Waals surface area contributed by atoms with Crippen LogP contribution < -0.4 is 10.1 Å². The zero-order valence-electron chi connectivity index (χ0n) is 14.5. The molecular formula is C18H22N4O2. The standard InChI is InChI=1S/C18H22N4O2/c1-12-11-16(19-9-10-23-3)22-18(20-12)17(13(2)21-22)14-5-7-15(24-4)8-6-14/h5-8,11,19H,9-10H2,1-4H3. The summed E-state index contributed by atoms with van der Waals surface area (Å²) in [7, 11) is 3.35. The number of ether oxygens (including phenoxy) is 2. The number of nitrogens with one attached hydrogen (secondary N) is 1. The van der Waals surface area contributed by atoms with E-state index in [9.17, 15) is 0 Å². The van der Waals surface area contributed by atoms with Crippen molar-refractivity contribution in [3.8, 4) is 16.9 Å². The highest BCUT2D eigenvalue weighted by Gasteiger charge is 2.16. The molecule has 1 aromatic carbocycles. The van der Waals surface area contributed by atoms with Gasteiger partial charge in [-0.05, 0) is 31.5 Å². The molecular weight excluding hydrogens is 304 g/mol. The Morgan fingerprint density at radius 3 is 2.54 bits per heavy atom. The van der Waals surface area contributed by atoms with Gasteiger partial charge in [0.1, 0.15) is 11.6 Å². The monoisotopic (exact) mass is 326 g/mol. The molecule has 6 nitrogen and oxygen atoms in total. The van der Waals surface area contributed by atoms with E-state index in [1.165, 1.54) is 0 Å². The van der Waals surface area contributed by atoms with Crippen LogP contribution in [0.25, 0.3) is 16.8 Å². The second-order valence-electron chi connectivity index (χ2n) is 5.63. The summed E-state index contributed by atoms with van der Waals surface area (Å²) in [6.45, 7) is 5.34. The number of benzene rings is 1. The maximum atomic E-state index is 5.24. The van der Waals surface area contributed by atoms with Gasteiger partial charge in [0.2, 0.25) is 0 Å². The van der Waals surface area contributed by atoms with Gasteiger partial charge in [-0.2, -0.15) is 9.61 Å². The van der Waals surface area contributed by atoms with Gasteiger partial charge in [-0.15, -0.1) is 0 Å². The van der Waals surface area contributed by atoms with Gasteiger partial charge < -0.3 is 14.8 Å². The van der Waals surface area contributed by atoms with Crippen molar-refractivity contribution in [2.75, 3.05) is 32.7 Å². The molecule has 24 heavy (non-hydrogen) atoms. The van der Waals surface area contributed by atoms with E-state index in [2.05, 4.69) is 10.4 Å². The summed E-state index contributed by atoms with van der Waals surface area (Å²) in [5.41, 5.74) is 4.84. The molecule has 3 rings (SSSR count). The maximum absolute atomic E-state index is 5.24. The molecule has 6 heteroatoms. The number of aryl methyl sites for hydroxylation is 2. The summed E-state index contributed by atoms with van der Waals surface area (Å²) >= 11 is 0. The van der Waals surface area contributed by atoms with E-state index in [0.29, 0.717) is 13.2 Å². The number of hydrogen-bond donors (Lipinski definition) is 1. The van der Waals surface area contributed by atoms with E-state index >= 15 is 0 Å². The van der Waals surface area contributed by atoms with Crippen molar-refractivity contribution < 1.29 is 9.47 Å². The van der Waals surface area contributed by atoms with Crippen LogP contribution in [-0.4, -0.2) is 42.0 Å². The summed E-state index contributed by atoms with van der Waals surface area (Å²) in [6.07, 6.45) is 0. The molecule has 0 fully saturated rings. The van der Waals surface area contributed by atoms with Crippen LogP contribution in [0.2, 0.25) is 0 Å². The molecule has 0 atom stereocenters. The summed E-state index contributed by atoms with van der Waals surface area (Å²) in [5.74, 6) is 1.75. The van der Waals surface area contributed by atoms with Gasteiger partial charge in [0.15, 0.2) is 5.65 Å². The minimum atomic E-state index is 0.633. The fourth-order valence-corrected chi connectivity index (χ4v) is 2.75. The largest absolute Gasteiger partial charge is 0.497 e. The molecule has 0 spiro atoms. The first-order valence-corrected chi connectivity index (χ1v) is 7.88. The van der Waals surface area contributed by atoms with Crippen molar-refractivity contribution >= 4 is 11.5 Å².